The van der Waals surface area contributed by atoms with E-state index < -0.39 is 42.5 Å². The van der Waals surface area contributed by atoms with Gasteiger partial charge < -0.3 is 0 Å². The molecule has 0 rings (SSSR count). The highest BCUT2D eigenvalue weighted by atomic mass is 19.4. The van der Waals surface area contributed by atoms with Crippen LogP contribution in [-0.2, 0) is 0 Å². The largest absolute Gasteiger partial charge is 0.431 e. The van der Waals surface area contributed by atoms with Gasteiger partial charge in [0.25, 0.3) is 0 Å². The zero-order valence-electron chi connectivity index (χ0n) is 9.00. The molecular weight excluding hydrogens is 350 g/mol. The minimum Gasteiger partial charge on any atom is -0.223 e. The standard InChI is InChI=1S/C7H2F14/c8-2(4(10,11)12,5(13,14)15)1-3(9,6(16,17)18)7(19,20)21/h1H2. The Balaban J connectivity index is 6.15. The van der Waals surface area contributed by atoms with Crippen molar-refractivity contribution in [3.05, 3.63) is 0 Å². The lowest BCUT2D eigenvalue weighted by Gasteiger charge is -2.37. The van der Waals surface area contributed by atoms with Crippen LogP contribution in [0.5, 0.6) is 0 Å². The summed E-state index contributed by atoms with van der Waals surface area (Å²) in [5.41, 5.74) is -14.1. The molecule has 0 aliphatic carbocycles. The Labute approximate surface area is 105 Å². The van der Waals surface area contributed by atoms with Crippen LogP contribution in [0.1, 0.15) is 6.42 Å². The first kappa shape index (κ1) is 20.0. The summed E-state index contributed by atoms with van der Waals surface area (Å²) in [7, 11) is 0. The predicted octanol–water partition coefficient (Wildman–Crippen LogP) is 5.04. The molecule has 0 aliphatic rings. The summed E-state index contributed by atoms with van der Waals surface area (Å²) in [6.45, 7) is 0. The first-order valence-corrected chi connectivity index (χ1v) is 4.35. The lowest BCUT2D eigenvalue weighted by atomic mass is 9.87. The second-order valence-electron chi connectivity index (χ2n) is 3.77. The monoisotopic (exact) mass is 352 g/mol. The topological polar surface area (TPSA) is 0 Å². The molecule has 0 radical (unpaired) electrons. The summed E-state index contributed by atoms with van der Waals surface area (Å²) < 4.78 is 169. The van der Waals surface area contributed by atoms with Crippen LogP contribution in [0.25, 0.3) is 0 Å². The summed E-state index contributed by atoms with van der Waals surface area (Å²) in [4.78, 5) is 0. The fraction of sp³-hybridized carbons (Fsp3) is 1.00. The molecule has 0 aromatic rings. The molecule has 128 valence electrons. The van der Waals surface area contributed by atoms with Gasteiger partial charge in [-0.1, -0.05) is 0 Å². The third-order valence-corrected chi connectivity index (χ3v) is 2.28. The van der Waals surface area contributed by atoms with E-state index in [0.29, 0.717) is 0 Å². The Hall–Kier alpha value is -0.980. The maximum atomic E-state index is 12.9. The van der Waals surface area contributed by atoms with E-state index in [-0.39, 0.29) is 0 Å². The van der Waals surface area contributed by atoms with Crippen molar-refractivity contribution in [2.75, 3.05) is 0 Å². The van der Waals surface area contributed by atoms with Gasteiger partial charge in [-0.05, 0) is 0 Å². The van der Waals surface area contributed by atoms with E-state index >= 15 is 0 Å². The quantitative estimate of drug-likeness (QED) is 0.611. The highest BCUT2D eigenvalue weighted by Crippen LogP contribution is 2.57. The Morgan fingerprint density at radius 2 is 0.476 bits per heavy atom. The van der Waals surface area contributed by atoms with Crippen LogP contribution in [0.2, 0.25) is 0 Å². The molecule has 0 bridgehead atoms. The van der Waals surface area contributed by atoms with Gasteiger partial charge >= 0.3 is 36.0 Å². The molecule has 0 N–H and O–H groups in total. The maximum absolute atomic E-state index is 12.9. The lowest BCUT2D eigenvalue weighted by Crippen LogP contribution is -2.63. The summed E-state index contributed by atoms with van der Waals surface area (Å²) >= 11 is 0. The first-order valence-electron chi connectivity index (χ1n) is 4.35. The zero-order chi connectivity index (χ0) is 17.7. The number of hydrogen-bond donors (Lipinski definition) is 0. The molecule has 0 fully saturated rings. The van der Waals surface area contributed by atoms with Crippen molar-refractivity contribution in [3.63, 3.8) is 0 Å². The fourth-order valence-electron chi connectivity index (χ4n) is 1.06. The first-order chi connectivity index (χ1) is 8.71. The SMILES string of the molecule is FC(F)(F)C(F)(CC(F)(C(F)(F)F)C(F)(F)F)C(F)(F)F. The van der Waals surface area contributed by atoms with Crippen LogP contribution in [0.15, 0.2) is 0 Å². The Bertz CT molecular complexity index is 299. The van der Waals surface area contributed by atoms with Crippen molar-refractivity contribution >= 4 is 0 Å². The van der Waals surface area contributed by atoms with Gasteiger partial charge in [-0.15, -0.1) is 0 Å². The smallest absolute Gasteiger partial charge is 0.223 e. The molecule has 0 nitrogen and oxygen atoms in total. The molecular formula is C7H2F14. The number of rotatable bonds is 2. The average Bonchev–Trinajstić information content (AvgIpc) is 2.09. The molecule has 0 aromatic heterocycles. The molecule has 0 atom stereocenters. The Kier molecular flexibility index (Phi) is 4.54. The van der Waals surface area contributed by atoms with E-state index in [1.54, 1.807) is 0 Å². The van der Waals surface area contributed by atoms with Gasteiger partial charge in [-0.3, -0.25) is 0 Å². The van der Waals surface area contributed by atoms with Crippen LogP contribution in [0.3, 0.4) is 0 Å². The third kappa shape index (κ3) is 3.27. The van der Waals surface area contributed by atoms with Crippen LogP contribution in [0.4, 0.5) is 61.5 Å². The molecule has 0 heterocycles. The summed E-state index contributed by atoms with van der Waals surface area (Å²) in [5, 5.41) is 0. The van der Waals surface area contributed by atoms with Gasteiger partial charge in [-0.25, -0.2) is 8.78 Å². The van der Waals surface area contributed by atoms with Gasteiger partial charge in [0.05, 0.1) is 6.42 Å². The van der Waals surface area contributed by atoms with E-state index in [1.165, 1.54) is 0 Å². The maximum Gasteiger partial charge on any atom is 0.431 e. The third-order valence-electron chi connectivity index (χ3n) is 2.28. The van der Waals surface area contributed by atoms with E-state index in [1.807, 2.05) is 0 Å². The summed E-state index contributed by atoms with van der Waals surface area (Å²) in [5.74, 6) is 0. The minimum absolute atomic E-state index is 4.58. The van der Waals surface area contributed by atoms with E-state index in [0.717, 1.165) is 0 Å². The molecule has 0 aromatic carbocycles. The van der Waals surface area contributed by atoms with Crippen LogP contribution in [0, 0.1) is 0 Å². The molecule has 14 heteroatoms. The van der Waals surface area contributed by atoms with Crippen LogP contribution >= 0.6 is 0 Å². The molecule has 0 saturated heterocycles. The number of hydrogen-bond acceptors (Lipinski definition) is 0. The Morgan fingerprint density at radius 3 is 0.571 bits per heavy atom. The van der Waals surface area contributed by atoms with Crippen molar-refractivity contribution < 1.29 is 61.5 Å². The molecule has 0 amide bonds. The Morgan fingerprint density at radius 1 is 0.333 bits per heavy atom. The molecule has 0 spiro atoms. The fourth-order valence-corrected chi connectivity index (χ4v) is 1.06. The predicted molar refractivity (Wildman–Crippen MR) is 36.5 cm³/mol. The average molecular weight is 352 g/mol. The normalized spacial score (nSPS) is 16.3. The van der Waals surface area contributed by atoms with Crippen molar-refractivity contribution in [1.29, 1.82) is 0 Å². The van der Waals surface area contributed by atoms with Gasteiger partial charge in [0.15, 0.2) is 0 Å². The van der Waals surface area contributed by atoms with Crippen molar-refractivity contribution in [1.82, 2.24) is 0 Å². The van der Waals surface area contributed by atoms with Gasteiger partial charge in [-0.2, -0.15) is 52.7 Å². The molecule has 0 saturated carbocycles. The molecule has 21 heavy (non-hydrogen) atoms. The van der Waals surface area contributed by atoms with E-state index in [2.05, 4.69) is 0 Å². The number of alkyl halides is 14. The highest BCUT2D eigenvalue weighted by Gasteiger charge is 2.82. The molecule has 0 aliphatic heterocycles. The van der Waals surface area contributed by atoms with Gasteiger partial charge in [0.2, 0.25) is 0 Å². The summed E-state index contributed by atoms with van der Waals surface area (Å²) in [6, 6.07) is 0. The van der Waals surface area contributed by atoms with E-state index in [9.17, 15) is 61.5 Å². The molecule has 0 unspecified atom stereocenters. The zero-order valence-corrected chi connectivity index (χ0v) is 9.00. The van der Waals surface area contributed by atoms with Crippen molar-refractivity contribution in [2.45, 2.75) is 42.5 Å². The second kappa shape index (κ2) is 4.76. The van der Waals surface area contributed by atoms with Crippen LogP contribution in [-0.4, -0.2) is 36.0 Å². The van der Waals surface area contributed by atoms with Crippen LogP contribution < -0.4 is 0 Å². The van der Waals surface area contributed by atoms with Crippen molar-refractivity contribution in [3.8, 4) is 0 Å². The highest BCUT2D eigenvalue weighted by molar-refractivity contribution is 5.06. The lowest BCUT2D eigenvalue weighted by molar-refractivity contribution is -0.392. The van der Waals surface area contributed by atoms with Gasteiger partial charge in [0.1, 0.15) is 0 Å². The summed E-state index contributed by atoms with van der Waals surface area (Å²) in [6.07, 6.45) is -33.6. The minimum atomic E-state index is -7.25. The van der Waals surface area contributed by atoms with Crippen molar-refractivity contribution in [2.24, 2.45) is 0 Å². The number of halogens is 14. The van der Waals surface area contributed by atoms with Gasteiger partial charge in [0, 0.05) is 0 Å². The second-order valence-corrected chi connectivity index (χ2v) is 3.77. The van der Waals surface area contributed by atoms with E-state index in [4.69, 9.17) is 0 Å².